The number of allylic oxidation sites excluding steroid dienone is 1. The smallest absolute Gasteiger partial charge is 0.303 e. The molecule has 0 aromatic rings. The Balaban J connectivity index is 1.18. The summed E-state index contributed by atoms with van der Waals surface area (Å²) in [5.41, 5.74) is -1.64. The Labute approximate surface area is 371 Å². The minimum atomic E-state index is -4.13. The van der Waals surface area contributed by atoms with E-state index in [1.807, 2.05) is 0 Å². The summed E-state index contributed by atoms with van der Waals surface area (Å²) in [6.07, 6.45) is 14.2. The minimum absolute atomic E-state index is 0.00100. The zero-order chi connectivity index (χ0) is 44.8. The highest BCUT2D eigenvalue weighted by atomic mass is 32.2. The van der Waals surface area contributed by atoms with Gasteiger partial charge in [-0.3, -0.25) is 28.9 Å². The van der Waals surface area contributed by atoms with E-state index in [2.05, 4.69) is 49.2 Å². The van der Waals surface area contributed by atoms with Crippen molar-refractivity contribution in [3.05, 3.63) is 12.7 Å². The molecule has 2 N–H and O–H groups in total. The van der Waals surface area contributed by atoms with Gasteiger partial charge >= 0.3 is 10.2 Å². The molecular formula is C48H77N5O8S. The number of hydrogen-bond acceptors (Lipinski definition) is 9. The van der Waals surface area contributed by atoms with Gasteiger partial charge in [-0.05, 0) is 113 Å². The second-order valence-electron chi connectivity index (χ2n) is 21.1. The van der Waals surface area contributed by atoms with Crippen LogP contribution < -0.4 is 10.0 Å². The first-order chi connectivity index (χ1) is 29.4. The molecule has 3 amide bonds. The fraction of sp³-hybridized carbons (Fsp3) is 0.854. The fourth-order valence-electron chi connectivity index (χ4n) is 13.7. The molecule has 7 atom stereocenters. The van der Waals surface area contributed by atoms with Crippen LogP contribution in [0.4, 0.5) is 0 Å². The summed E-state index contributed by atoms with van der Waals surface area (Å²) >= 11 is 0. The monoisotopic (exact) mass is 884 g/mol. The number of Topliss-reactive ketones (excluding diaryl/α,β-unsaturated/α-hetero) is 2. The zero-order valence-corrected chi connectivity index (χ0v) is 39.5. The second kappa shape index (κ2) is 18.3. The molecule has 1 unspecified atom stereocenters. The van der Waals surface area contributed by atoms with Crippen LogP contribution in [0.1, 0.15) is 151 Å². The molecule has 7 aliphatic rings. The van der Waals surface area contributed by atoms with Crippen molar-refractivity contribution in [3.63, 3.8) is 0 Å². The van der Waals surface area contributed by atoms with E-state index in [0.29, 0.717) is 45.4 Å². The molecule has 13 nitrogen and oxygen atoms in total. The highest BCUT2D eigenvalue weighted by Crippen LogP contribution is 2.88. The normalized spacial score (nSPS) is 32.0. The Kier molecular flexibility index (Phi) is 14.0. The van der Waals surface area contributed by atoms with E-state index in [1.54, 1.807) is 24.8 Å². The number of ether oxygens (including phenoxy) is 1. The van der Waals surface area contributed by atoms with Gasteiger partial charge in [-0.25, -0.2) is 4.72 Å². The molecule has 7 fully saturated rings. The Morgan fingerprint density at radius 2 is 1.52 bits per heavy atom. The van der Waals surface area contributed by atoms with Gasteiger partial charge in [0.2, 0.25) is 17.7 Å². The molecule has 0 bridgehead atoms. The number of nitrogens with one attached hydrogen (secondary N) is 2. The number of fused-ring (bicyclic) bond motifs is 1. The van der Waals surface area contributed by atoms with Crippen LogP contribution in [0.5, 0.6) is 0 Å². The summed E-state index contributed by atoms with van der Waals surface area (Å²) in [5, 5.41) is 3.30. The topological polar surface area (TPSA) is 162 Å². The Morgan fingerprint density at radius 3 is 2.08 bits per heavy atom. The molecule has 3 aliphatic heterocycles. The van der Waals surface area contributed by atoms with Crippen molar-refractivity contribution < 1.29 is 37.1 Å². The summed E-state index contributed by atoms with van der Waals surface area (Å²) in [5.74, 6) is -2.53. The van der Waals surface area contributed by atoms with E-state index >= 15 is 14.4 Å². The number of hydrogen-bond donors (Lipinski definition) is 2. The number of ketones is 2. The van der Waals surface area contributed by atoms with Crippen LogP contribution in [0, 0.1) is 45.3 Å². The van der Waals surface area contributed by atoms with E-state index in [9.17, 15) is 18.0 Å². The number of carbonyl (C=O) groups is 5. The maximum absolute atomic E-state index is 15.6. The van der Waals surface area contributed by atoms with Crippen molar-refractivity contribution in [1.29, 1.82) is 0 Å². The first-order valence-electron chi connectivity index (χ1n) is 24.4. The third-order valence-corrected chi connectivity index (χ3v) is 19.6. The van der Waals surface area contributed by atoms with E-state index in [0.717, 1.165) is 77.2 Å². The third-order valence-electron chi connectivity index (χ3n) is 17.9. The number of carbonyl (C=O) groups excluding carboxylic acids is 5. The Morgan fingerprint density at radius 1 is 0.855 bits per heavy atom. The van der Waals surface area contributed by atoms with Crippen LogP contribution >= 0.6 is 0 Å². The number of likely N-dealkylation sites (tertiary alicyclic amines) is 2. The second-order valence-corrected chi connectivity index (χ2v) is 22.8. The average molecular weight is 884 g/mol. The summed E-state index contributed by atoms with van der Waals surface area (Å²) in [7, 11) is -4.13. The molecular weight excluding hydrogens is 807 g/mol. The first-order valence-corrected chi connectivity index (χ1v) is 25.8. The highest BCUT2D eigenvalue weighted by molar-refractivity contribution is 7.87. The van der Waals surface area contributed by atoms with Crippen LogP contribution in [-0.4, -0.2) is 115 Å². The molecule has 0 aromatic heterocycles. The van der Waals surface area contributed by atoms with Crippen molar-refractivity contribution >= 4 is 39.5 Å². The molecule has 7 rings (SSSR count). The van der Waals surface area contributed by atoms with Crippen molar-refractivity contribution in [3.8, 4) is 0 Å². The van der Waals surface area contributed by atoms with Crippen molar-refractivity contribution in [2.24, 2.45) is 45.3 Å². The van der Waals surface area contributed by atoms with Gasteiger partial charge in [-0.15, -0.1) is 6.58 Å². The summed E-state index contributed by atoms with van der Waals surface area (Å²) in [6, 6.07) is -1.59. The molecule has 0 aromatic carbocycles. The lowest BCUT2D eigenvalue weighted by Gasteiger charge is -2.39. The van der Waals surface area contributed by atoms with Crippen molar-refractivity contribution in [2.45, 2.75) is 175 Å². The minimum Gasteiger partial charge on any atom is -0.381 e. The summed E-state index contributed by atoms with van der Waals surface area (Å²) < 4.78 is 35.7. The standard InChI is InChI=1S/C48H77N5O8S/c1-8-35-28-46(35,44(58)50-62(59,60)51(9-2)10-3)30-40(55)38-29-48(45(6,7)47(48)22-16-23-47)31-53(38)43(57)36(33-20-25-61-26-21-33)27-39(54)41(34-17-12-11-13-18-34)49-42(56)37-19-14-15-24-52(37)32(4)5/h8,32-38,41H,1,9-31H2,2-7H3,(H,49,56)(H,50,58)/t35-,36+,37+,38+,41?,46-,48-/m1/s1. The summed E-state index contributed by atoms with van der Waals surface area (Å²) in [4.78, 5) is 77.9. The van der Waals surface area contributed by atoms with Crippen molar-refractivity contribution in [2.75, 3.05) is 39.4 Å². The van der Waals surface area contributed by atoms with Gasteiger partial charge in [0.15, 0.2) is 11.6 Å². The summed E-state index contributed by atoms with van der Waals surface area (Å²) in [6.45, 7) is 18.7. The largest absolute Gasteiger partial charge is 0.381 e. The molecule has 0 radical (unpaired) electrons. The number of nitrogens with zero attached hydrogens (tertiary/aromatic N) is 3. The van der Waals surface area contributed by atoms with Crippen LogP contribution in [0.3, 0.4) is 0 Å². The van der Waals surface area contributed by atoms with Crippen LogP contribution in [0.25, 0.3) is 0 Å². The predicted octanol–water partition coefficient (Wildman–Crippen LogP) is 5.97. The lowest BCUT2D eigenvalue weighted by Crippen LogP contribution is -2.57. The predicted molar refractivity (Wildman–Crippen MR) is 238 cm³/mol. The van der Waals surface area contributed by atoms with Crippen LogP contribution in [-0.2, 0) is 38.9 Å². The fourth-order valence-corrected chi connectivity index (χ4v) is 15.0. The molecule has 3 heterocycles. The van der Waals surface area contributed by atoms with E-state index < -0.39 is 39.5 Å². The van der Waals surface area contributed by atoms with Crippen molar-refractivity contribution in [1.82, 2.24) is 24.1 Å². The lowest BCUT2D eigenvalue weighted by molar-refractivity contribution is -0.146. The van der Waals surface area contributed by atoms with Crippen LogP contribution in [0.2, 0.25) is 0 Å². The Hall–Kier alpha value is -2.68. The zero-order valence-electron chi connectivity index (χ0n) is 38.7. The SMILES string of the molecule is C=C[C@@H]1C[C@]1(CC(=O)[C@@H]1C[C@@]2(CN1C(=O)[C@@H](CC(=O)C(NC(=O)[C@@H]1CCCCN1C(C)C)C1CCCCC1)C1CCOCC1)C(C)(C)C21CCC1)C(=O)NS(=O)(=O)N(CC)CC. The number of rotatable bonds is 18. The highest BCUT2D eigenvalue weighted by Gasteiger charge is 2.85. The van der Waals surface area contributed by atoms with E-state index in [1.165, 1.54) is 4.31 Å². The van der Waals surface area contributed by atoms with Gasteiger partial charge in [-0.1, -0.05) is 65.9 Å². The van der Waals surface area contributed by atoms with Gasteiger partial charge in [0.25, 0.3) is 0 Å². The molecule has 4 saturated carbocycles. The van der Waals surface area contributed by atoms with E-state index in [4.69, 9.17) is 4.74 Å². The average Bonchev–Trinajstić information content (AvgIpc) is 3.97. The molecule has 348 valence electrons. The van der Waals surface area contributed by atoms with Gasteiger partial charge in [0.05, 0.1) is 23.5 Å². The maximum atomic E-state index is 15.6. The molecule has 4 aliphatic carbocycles. The molecule has 62 heavy (non-hydrogen) atoms. The van der Waals surface area contributed by atoms with E-state index in [-0.39, 0.29) is 95.4 Å². The first kappa shape index (κ1) is 47.3. The lowest BCUT2D eigenvalue weighted by atomic mass is 9.73. The molecule has 3 saturated heterocycles. The van der Waals surface area contributed by atoms with Crippen LogP contribution in [0.15, 0.2) is 12.7 Å². The number of amides is 3. The molecule has 14 heteroatoms. The maximum Gasteiger partial charge on any atom is 0.303 e. The number of piperidine rings is 1. The van der Waals surface area contributed by atoms with Gasteiger partial charge in [0, 0.05) is 63.1 Å². The molecule has 2 spiro atoms. The third kappa shape index (κ3) is 8.26. The van der Waals surface area contributed by atoms with Gasteiger partial charge in [0.1, 0.15) is 0 Å². The van der Waals surface area contributed by atoms with Gasteiger partial charge < -0.3 is 15.0 Å². The Bertz CT molecular complexity index is 1830. The van der Waals surface area contributed by atoms with Gasteiger partial charge in [-0.2, -0.15) is 12.7 Å². The quantitative estimate of drug-likeness (QED) is 0.158.